The number of hydrogen-bond acceptors (Lipinski definition) is 5. The van der Waals surface area contributed by atoms with Crippen LogP contribution in [0.4, 0.5) is 26.3 Å². The Morgan fingerprint density at radius 1 is 1.11 bits per heavy atom. The van der Waals surface area contributed by atoms with Gasteiger partial charge in [0, 0.05) is 31.6 Å². The van der Waals surface area contributed by atoms with Gasteiger partial charge in [-0.25, -0.2) is 13.2 Å². The van der Waals surface area contributed by atoms with Gasteiger partial charge in [-0.05, 0) is 24.0 Å². The Hall–Kier alpha value is -3.16. The predicted octanol–water partition coefficient (Wildman–Crippen LogP) is 2.55. The minimum absolute atomic E-state index is 0.0621. The van der Waals surface area contributed by atoms with E-state index >= 15 is 0 Å². The number of nitrogens with zero attached hydrogens (tertiary/aromatic N) is 4. The van der Waals surface area contributed by atoms with Gasteiger partial charge in [0.25, 0.3) is 0 Å². The molecule has 2 aromatic rings. The maximum atomic E-state index is 14.3. The molecule has 0 saturated heterocycles. The number of carbonyl (C=O) groups is 2. The number of alkyl halides is 3. The highest BCUT2D eigenvalue weighted by Crippen LogP contribution is 2.29. The summed E-state index contributed by atoms with van der Waals surface area (Å²) in [6, 6.07) is -0.974. The standard InChI is InChI=1S/C22H26F6N6O2/c1-3-11(2)19(29)20(36)30-13(6-12-7-15(24)16(25)9-14(12)23)8-18(35)33-4-5-34-17(10-33)31-32-21(34)22(26,27)28/h7,9,11,13,19H,3-6,8,10,29H2,1-2H3,(H,30,36)/t11?,13-,19?/m1/s1. The van der Waals surface area contributed by atoms with Crippen LogP contribution in [-0.2, 0) is 35.3 Å². The van der Waals surface area contributed by atoms with Gasteiger partial charge in [-0.15, -0.1) is 10.2 Å². The van der Waals surface area contributed by atoms with Gasteiger partial charge in [-0.1, -0.05) is 20.3 Å². The third-order valence-electron chi connectivity index (χ3n) is 6.24. The van der Waals surface area contributed by atoms with E-state index in [1.807, 2.05) is 6.92 Å². The van der Waals surface area contributed by atoms with Gasteiger partial charge < -0.3 is 20.5 Å². The number of carbonyl (C=O) groups excluding carboxylic acids is 2. The average molecular weight is 520 g/mol. The topological polar surface area (TPSA) is 106 Å². The van der Waals surface area contributed by atoms with Crippen LogP contribution in [0.1, 0.15) is 43.9 Å². The Bertz CT molecular complexity index is 1120. The first-order valence-corrected chi connectivity index (χ1v) is 11.3. The van der Waals surface area contributed by atoms with Gasteiger partial charge in [-0.3, -0.25) is 9.59 Å². The number of aromatic nitrogens is 3. The lowest BCUT2D eigenvalue weighted by molar-refractivity contribution is -0.148. The Morgan fingerprint density at radius 3 is 2.42 bits per heavy atom. The summed E-state index contributed by atoms with van der Waals surface area (Å²) >= 11 is 0. The first-order valence-electron chi connectivity index (χ1n) is 11.3. The van der Waals surface area contributed by atoms with Gasteiger partial charge in [0.1, 0.15) is 5.82 Å². The number of nitrogens with two attached hydrogens (primary N) is 1. The van der Waals surface area contributed by atoms with Crippen LogP contribution in [-0.4, -0.2) is 50.1 Å². The molecule has 1 aliphatic heterocycles. The maximum Gasteiger partial charge on any atom is 0.451 e. The summed E-state index contributed by atoms with van der Waals surface area (Å²) in [7, 11) is 0. The molecule has 3 rings (SSSR count). The van der Waals surface area contributed by atoms with Crippen LogP contribution in [0.15, 0.2) is 12.1 Å². The predicted molar refractivity (Wildman–Crippen MR) is 114 cm³/mol. The lowest BCUT2D eigenvalue weighted by atomic mass is 9.97. The van der Waals surface area contributed by atoms with Gasteiger partial charge in [0.2, 0.25) is 17.6 Å². The fourth-order valence-electron chi connectivity index (χ4n) is 3.89. The van der Waals surface area contributed by atoms with Crippen molar-refractivity contribution in [1.29, 1.82) is 0 Å². The van der Waals surface area contributed by atoms with E-state index in [1.165, 1.54) is 4.90 Å². The smallest absolute Gasteiger partial charge is 0.351 e. The molecular weight excluding hydrogens is 494 g/mol. The van der Waals surface area contributed by atoms with E-state index in [9.17, 15) is 35.9 Å². The molecule has 0 fully saturated rings. The summed E-state index contributed by atoms with van der Waals surface area (Å²) in [5.41, 5.74) is 5.68. The van der Waals surface area contributed by atoms with E-state index in [1.54, 1.807) is 6.92 Å². The van der Waals surface area contributed by atoms with Gasteiger partial charge >= 0.3 is 6.18 Å². The van der Waals surface area contributed by atoms with Gasteiger partial charge in [0.15, 0.2) is 17.5 Å². The van der Waals surface area contributed by atoms with Crippen molar-refractivity contribution in [1.82, 2.24) is 25.0 Å². The highest BCUT2D eigenvalue weighted by atomic mass is 19.4. The fourth-order valence-corrected chi connectivity index (χ4v) is 3.89. The zero-order valence-corrected chi connectivity index (χ0v) is 19.6. The number of nitrogens with one attached hydrogen (secondary N) is 1. The molecule has 2 amide bonds. The normalized spacial score (nSPS) is 16.3. The summed E-state index contributed by atoms with van der Waals surface area (Å²) in [5.74, 6) is -6.36. The second kappa shape index (κ2) is 10.8. The number of benzene rings is 1. The number of amides is 2. The van der Waals surface area contributed by atoms with Crippen LogP contribution in [0.3, 0.4) is 0 Å². The molecule has 2 heterocycles. The van der Waals surface area contributed by atoms with E-state index < -0.39 is 59.8 Å². The molecule has 2 unspecified atom stereocenters. The maximum absolute atomic E-state index is 14.3. The van der Waals surface area contributed by atoms with Crippen LogP contribution in [0.2, 0.25) is 0 Å². The fraction of sp³-hybridized carbons (Fsp3) is 0.545. The van der Waals surface area contributed by atoms with Crippen molar-refractivity contribution in [3.05, 3.63) is 46.8 Å². The first-order chi connectivity index (χ1) is 16.8. The lowest BCUT2D eigenvalue weighted by Gasteiger charge is -2.30. The van der Waals surface area contributed by atoms with E-state index in [4.69, 9.17) is 5.73 Å². The number of halogens is 6. The largest absolute Gasteiger partial charge is 0.451 e. The average Bonchev–Trinajstić information content (AvgIpc) is 3.25. The quantitative estimate of drug-likeness (QED) is 0.411. The third-order valence-corrected chi connectivity index (χ3v) is 6.24. The second-order valence-corrected chi connectivity index (χ2v) is 8.79. The van der Waals surface area contributed by atoms with E-state index in [2.05, 4.69) is 15.5 Å². The zero-order chi connectivity index (χ0) is 26.8. The molecule has 1 aliphatic rings. The minimum Gasteiger partial charge on any atom is -0.351 e. The summed E-state index contributed by atoms with van der Waals surface area (Å²) in [4.78, 5) is 26.9. The Kier molecular flexibility index (Phi) is 8.26. The van der Waals surface area contributed by atoms with Crippen molar-refractivity contribution in [3.8, 4) is 0 Å². The van der Waals surface area contributed by atoms with Crippen LogP contribution >= 0.6 is 0 Å². The SMILES string of the molecule is CCC(C)C(N)C(=O)N[C@@H](CC(=O)N1CCn2c(nnc2C(F)(F)F)C1)Cc1cc(F)c(F)cc1F. The summed E-state index contributed by atoms with van der Waals surface area (Å²) in [5, 5.41) is 9.26. The van der Waals surface area contributed by atoms with E-state index in [-0.39, 0.29) is 43.4 Å². The molecular formula is C22H26F6N6O2. The molecule has 0 aliphatic carbocycles. The third kappa shape index (κ3) is 6.15. The monoisotopic (exact) mass is 520 g/mol. The first kappa shape index (κ1) is 27.4. The summed E-state index contributed by atoms with van der Waals surface area (Å²) in [6.07, 6.45) is -4.85. The Balaban J connectivity index is 1.78. The number of hydrogen-bond donors (Lipinski definition) is 2. The summed E-state index contributed by atoms with van der Waals surface area (Å²) < 4.78 is 81.4. The molecule has 198 valence electrons. The summed E-state index contributed by atoms with van der Waals surface area (Å²) in [6.45, 7) is 3.04. The van der Waals surface area contributed by atoms with E-state index in [0.717, 1.165) is 4.57 Å². The van der Waals surface area contributed by atoms with Crippen LogP contribution < -0.4 is 11.1 Å². The van der Waals surface area contributed by atoms with Crippen LogP contribution in [0.25, 0.3) is 0 Å². The van der Waals surface area contributed by atoms with Crippen molar-refractivity contribution >= 4 is 11.8 Å². The molecule has 3 atom stereocenters. The molecule has 36 heavy (non-hydrogen) atoms. The zero-order valence-electron chi connectivity index (χ0n) is 19.6. The van der Waals surface area contributed by atoms with Crippen molar-refractivity contribution < 1.29 is 35.9 Å². The molecule has 1 aromatic heterocycles. The Morgan fingerprint density at radius 2 is 1.78 bits per heavy atom. The van der Waals surface area contributed by atoms with Crippen molar-refractivity contribution in [2.75, 3.05) is 6.54 Å². The molecule has 0 bridgehead atoms. The number of rotatable bonds is 8. The highest BCUT2D eigenvalue weighted by molar-refractivity contribution is 5.83. The lowest BCUT2D eigenvalue weighted by Crippen LogP contribution is -2.50. The van der Waals surface area contributed by atoms with Gasteiger partial charge in [0.05, 0.1) is 12.6 Å². The van der Waals surface area contributed by atoms with E-state index in [0.29, 0.717) is 18.6 Å². The molecule has 1 aromatic carbocycles. The minimum atomic E-state index is -4.70. The number of fused-ring (bicyclic) bond motifs is 1. The molecule has 8 nitrogen and oxygen atoms in total. The van der Waals surface area contributed by atoms with Gasteiger partial charge in [-0.2, -0.15) is 13.2 Å². The Labute approximate surface area is 202 Å². The molecule has 0 radical (unpaired) electrons. The van der Waals surface area contributed by atoms with Crippen LogP contribution in [0.5, 0.6) is 0 Å². The van der Waals surface area contributed by atoms with Crippen molar-refractivity contribution in [3.63, 3.8) is 0 Å². The van der Waals surface area contributed by atoms with Crippen molar-refractivity contribution in [2.45, 2.75) is 64.5 Å². The highest BCUT2D eigenvalue weighted by Gasteiger charge is 2.40. The van der Waals surface area contributed by atoms with Crippen molar-refractivity contribution in [2.24, 2.45) is 11.7 Å². The second-order valence-electron chi connectivity index (χ2n) is 8.79. The molecule has 3 N–H and O–H groups in total. The van der Waals surface area contributed by atoms with Crippen LogP contribution in [0, 0.1) is 23.4 Å². The molecule has 14 heteroatoms. The molecule has 0 saturated carbocycles. The molecule has 0 spiro atoms.